The molecule has 0 radical (unpaired) electrons. The third-order valence-corrected chi connectivity index (χ3v) is 2.15. The van der Waals surface area contributed by atoms with Crippen LogP contribution in [-0.2, 0) is 0 Å². The molecule has 2 N–H and O–H groups in total. The molecule has 0 saturated carbocycles. The molecule has 0 spiro atoms. The number of nitrogens with one attached hydrogen (secondary N) is 2. The normalized spacial score (nSPS) is 10.7. The van der Waals surface area contributed by atoms with Crippen LogP contribution in [0.1, 0.15) is 20.8 Å². The first kappa shape index (κ1) is 14.2. The van der Waals surface area contributed by atoms with Crippen molar-refractivity contribution in [2.75, 3.05) is 19.5 Å². The SMILES string of the molecule is COc1cccc(OC)c1NC(=O)NC(C)(C)C. The second kappa shape index (κ2) is 5.62. The number of hydrogen-bond donors (Lipinski definition) is 2. The molecule has 0 aromatic heterocycles. The number of amides is 2. The number of benzene rings is 1. The van der Waals surface area contributed by atoms with Gasteiger partial charge in [-0.2, -0.15) is 0 Å². The summed E-state index contributed by atoms with van der Waals surface area (Å²) < 4.78 is 10.4. The molecule has 0 atom stereocenters. The van der Waals surface area contributed by atoms with Crippen LogP contribution in [0.25, 0.3) is 0 Å². The summed E-state index contributed by atoms with van der Waals surface area (Å²) in [5.74, 6) is 1.11. The van der Waals surface area contributed by atoms with Crippen molar-refractivity contribution in [3.05, 3.63) is 18.2 Å². The van der Waals surface area contributed by atoms with E-state index in [9.17, 15) is 4.79 Å². The van der Waals surface area contributed by atoms with Crippen molar-refractivity contribution >= 4 is 11.7 Å². The van der Waals surface area contributed by atoms with Gasteiger partial charge in [0, 0.05) is 5.54 Å². The minimum absolute atomic E-state index is 0.301. The number of methoxy groups -OCH3 is 2. The van der Waals surface area contributed by atoms with Gasteiger partial charge in [-0.15, -0.1) is 0 Å². The predicted molar refractivity (Wildman–Crippen MR) is 71.5 cm³/mol. The molecule has 0 aliphatic rings. The Hall–Kier alpha value is -1.91. The molecule has 0 unspecified atom stereocenters. The van der Waals surface area contributed by atoms with Gasteiger partial charge in [-0.1, -0.05) is 6.07 Å². The third kappa shape index (κ3) is 3.84. The second-order valence-corrected chi connectivity index (χ2v) is 4.87. The maximum atomic E-state index is 11.8. The average Bonchev–Trinajstić information content (AvgIpc) is 2.26. The van der Waals surface area contributed by atoms with Crippen LogP contribution in [-0.4, -0.2) is 25.8 Å². The largest absolute Gasteiger partial charge is 0.494 e. The molecule has 0 aliphatic carbocycles. The fourth-order valence-corrected chi connectivity index (χ4v) is 1.46. The fraction of sp³-hybridized carbons (Fsp3) is 0.462. The summed E-state index contributed by atoms with van der Waals surface area (Å²) >= 11 is 0. The first-order valence-corrected chi connectivity index (χ1v) is 5.67. The topological polar surface area (TPSA) is 59.6 Å². The van der Waals surface area contributed by atoms with Crippen LogP contribution in [0.2, 0.25) is 0 Å². The lowest BCUT2D eigenvalue weighted by Crippen LogP contribution is -2.43. The molecule has 1 rings (SSSR count). The summed E-state index contributed by atoms with van der Waals surface area (Å²) in [7, 11) is 3.09. The predicted octanol–water partition coefficient (Wildman–Crippen LogP) is 2.62. The van der Waals surface area contributed by atoms with Crippen molar-refractivity contribution in [1.82, 2.24) is 5.32 Å². The van der Waals surface area contributed by atoms with Crippen molar-refractivity contribution in [2.45, 2.75) is 26.3 Å². The molecule has 0 heterocycles. The van der Waals surface area contributed by atoms with Crippen LogP contribution in [0.15, 0.2) is 18.2 Å². The molecule has 0 aliphatic heterocycles. The Morgan fingerprint density at radius 3 is 2.00 bits per heavy atom. The van der Waals surface area contributed by atoms with E-state index in [2.05, 4.69) is 10.6 Å². The van der Waals surface area contributed by atoms with Crippen LogP contribution < -0.4 is 20.1 Å². The highest BCUT2D eigenvalue weighted by Crippen LogP contribution is 2.33. The summed E-state index contributed by atoms with van der Waals surface area (Å²) in [6.07, 6.45) is 0. The van der Waals surface area contributed by atoms with E-state index < -0.39 is 0 Å². The first-order valence-electron chi connectivity index (χ1n) is 5.67. The molecule has 1 aromatic carbocycles. The van der Waals surface area contributed by atoms with Crippen LogP contribution >= 0.6 is 0 Å². The van der Waals surface area contributed by atoms with Gasteiger partial charge in [-0.05, 0) is 32.9 Å². The lowest BCUT2D eigenvalue weighted by Gasteiger charge is -2.22. The van der Waals surface area contributed by atoms with Crippen molar-refractivity contribution in [3.8, 4) is 11.5 Å². The fourth-order valence-electron chi connectivity index (χ4n) is 1.46. The van der Waals surface area contributed by atoms with Gasteiger partial charge in [0.15, 0.2) is 0 Å². The Balaban J connectivity index is 2.92. The van der Waals surface area contributed by atoms with Gasteiger partial charge in [0.25, 0.3) is 0 Å². The Labute approximate surface area is 107 Å². The van der Waals surface area contributed by atoms with E-state index in [1.807, 2.05) is 20.8 Å². The van der Waals surface area contributed by atoms with Gasteiger partial charge < -0.3 is 20.1 Å². The molecule has 0 fully saturated rings. The molecule has 0 saturated heterocycles. The second-order valence-electron chi connectivity index (χ2n) is 4.87. The quantitative estimate of drug-likeness (QED) is 0.869. The van der Waals surface area contributed by atoms with E-state index in [0.29, 0.717) is 17.2 Å². The molecule has 100 valence electrons. The maximum Gasteiger partial charge on any atom is 0.319 e. The van der Waals surface area contributed by atoms with Crippen molar-refractivity contribution in [2.24, 2.45) is 0 Å². The van der Waals surface area contributed by atoms with Gasteiger partial charge in [0.1, 0.15) is 17.2 Å². The zero-order valence-corrected chi connectivity index (χ0v) is 11.5. The monoisotopic (exact) mass is 252 g/mol. The van der Waals surface area contributed by atoms with Crippen LogP contribution in [0, 0.1) is 0 Å². The number of anilines is 1. The highest BCUT2D eigenvalue weighted by Gasteiger charge is 2.17. The lowest BCUT2D eigenvalue weighted by atomic mass is 10.1. The summed E-state index contributed by atoms with van der Waals surface area (Å²) in [4.78, 5) is 11.8. The van der Waals surface area contributed by atoms with Gasteiger partial charge in [0.2, 0.25) is 0 Å². The zero-order chi connectivity index (χ0) is 13.8. The summed E-state index contributed by atoms with van der Waals surface area (Å²) in [6, 6.07) is 5.01. The first-order chi connectivity index (χ1) is 8.37. The number of hydrogen-bond acceptors (Lipinski definition) is 3. The average molecular weight is 252 g/mol. The Morgan fingerprint density at radius 1 is 1.11 bits per heavy atom. The van der Waals surface area contributed by atoms with E-state index in [-0.39, 0.29) is 11.6 Å². The molecular weight excluding hydrogens is 232 g/mol. The van der Waals surface area contributed by atoms with Gasteiger partial charge in [0.05, 0.1) is 14.2 Å². The third-order valence-electron chi connectivity index (χ3n) is 2.15. The molecule has 1 aromatic rings. The van der Waals surface area contributed by atoms with E-state index in [1.54, 1.807) is 32.4 Å². The van der Waals surface area contributed by atoms with Gasteiger partial charge in [-0.25, -0.2) is 4.79 Å². The van der Waals surface area contributed by atoms with Gasteiger partial charge >= 0.3 is 6.03 Å². The molecular formula is C13H20N2O3. The van der Waals surface area contributed by atoms with Crippen LogP contribution in [0.4, 0.5) is 10.5 Å². The van der Waals surface area contributed by atoms with E-state index in [0.717, 1.165) is 0 Å². The Bertz CT molecular complexity index is 402. The number of rotatable bonds is 3. The Kier molecular flexibility index (Phi) is 4.42. The number of ether oxygens (including phenoxy) is 2. The number of urea groups is 1. The summed E-state index contributed by atoms with van der Waals surface area (Å²) in [6.45, 7) is 5.73. The van der Waals surface area contributed by atoms with Crippen LogP contribution in [0.5, 0.6) is 11.5 Å². The lowest BCUT2D eigenvalue weighted by molar-refractivity contribution is 0.243. The summed E-state index contributed by atoms with van der Waals surface area (Å²) in [5, 5.41) is 5.55. The highest BCUT2D eigenvalue weighted by molar-refractivity contribution is 5.93. The minimum atomic E-state index is -0.306. The Morgan fingerprint density at radius 2 is 1.61 bits per heavy atom. The minimum Gasteiger partial charge on any atom is -0.494 e. The number of carbonyl (C=O) groups is 1. The number of para-hydroxylation sites is 1. The highest BCUT2D eigenvalue weighted by atomic mass is 16.5. The number of carbonyl (C=O) groups excluding carboxylic acids is 1. The van der Waals surface area contributed by atoms with E-state index in [4.69, 9.17) is 9.47 Å². The van der Waals surface area contributed by atoms with Gasteiger partial charge in [-0.3, -0.25) is 0 Å². The standard InChI is InChI=1S/C13H20N2O3/c1-13(2,3)15-12(16)14-11-9(17-4)7-6-8-10(11)18-5/h6-8H,1-5H3,(H2,14,15,16). The molecule has 2 amide bonds. The summed E-state index contributed by atoms with van der Waals surface area (Å²) in [5.41, 5.74) is 0.212. The van der Waals surface area contributed by atoms with Crippen molar-refractivity contribution < 1.29 is 14.3 Å². The van der Waals surface area contributed by atoms with Crippen LogP contribution in [0.3, 0.4) is 0 Å². The van der Waals surface area contributed by atoms with Crippen molar-refractivity contribution in [3.63, 3.8) is 0 Å². The smallest absolute Gasteiger partial charge is 0.319 e. The van der Waals surface area contributed by atoms with Crippen molar-refractivity contribution in [1.29, 1.82) is 0 Å². The molecule has 18 heavy (non-hydrogen) atoms. The zero-order valence-electron chi connectivity index (χ0n) is 11.5. The molecule has 5 nitrogen and oxygen atoms in total. The van der Waals surface area contributed by atoms with E-state index >= 15 is 0 Å². The van der Waals surface area contributed by atoms with E-state index in [1.165, 1.54) is 0 Å². The molecule has 5 heteroatoms. The maximum absolute atomic E-state index is 11.8. The molecule has 0 bridgehead atoms.